The lowest BCUT2D eigenvalue weighted by atomic mass is 9.79. The molecule has 7 heteroatoms. The van der Waals surface area contributed by atoms with E-state index in [2.05, 4.69) is 10.2 Å². The minimum Gasteiger partial charge on any atom is -0.442 e. The fraction of sp³-hybridized carbons (Fsp3) is 0.556. The first-order valence-electron chi connectivity index (χ1n) is 8.83. The Labute approximate surface area is 145 Å². The van der Waals surface area contributed by atoms with Gasteiger partial charge in [0, 0.05) is 19.0 Å². The van der Waals surface area contributed by atoms with Crippen molar-refractivity contribution in [3.8, 4) is 0 Å². The summed E-state index contributed by atoms with van der Waals surface area (Å²) in [5.41, 5.74) is 1.12. The van der Waals surface area contributed by atoms with Crippen LogP contribution in [0.4, 0.5) is 20.6 Å². The Morgan fingerprint density at radius 3 is 2.76 bits per heavy atom. The van der Waals surface area contributed by atoms with Crippen LogP contribution in [0.2, 0.25) is 0 Å². The van der Waals surface area contributed by atoms with E-state index >= 15 is 0 Å². The average molecular weight is 347 g/mol. The number of carbonyl (C=O) groups excluding carboxylic acids is 2. The van der Waals surface area contributed by atoms with Gasteiger partial charge in [-0.25, -0.2) is 9.18 Å². The third kappa shape index (κ3) is 2.92. The van der Waals surface area contributed by atoms with Gasteiger partial charge in [0.1, 0.15) is 11.9 Å². The molecular formula is C18H22FN3O3. The first-order valence-corrected chi connectivity index (χ1v) is 8.83. The number of rotatable bonds is 4. The monoisotopic (exact) mass is 347 g/mol. The van der Waals surface area contributed by atoms with E-state index in [0.29, 0.717) is 30.0 Å². The van der Waals surface area contributed by atoms with Crippen LogP contribution in [0.5, 0.6) is 0 Å². The number of carbonyl (C=O) groups is 2. The Hall–Kier alpha value is -2.31. The Bertz CT molecular complexity index is 697. The van der Waals surface area contributed by atoms with Crippen molar-refractivity contribution in [1.29, 1.82) is 0 Å². The number of benzene rings is 1. The molecule has 2 amide bonds. The van der Waals surface area contributed by atoms with Crippen LogP contribution in [-0.4, -0.2) is 43.3 Å². The molecule has 6 nitrogen and oxygen atoms in total. The van der Waals surface area contributed by atoms with Gasteiger partial charge in [0.2, 0.25) is 5.91 Å². The van der Waals surface area contributed by atoms with E-state index in [1.54, 1.807) is 12.1 Å². The van der Waals surface area contributed by atoms with E-state index in [1.807, 2.05) is 0 Å². The van der Waals surface area contributed by atoms with Crippen molar-refractivity contribution in [1.82, 2.24) is 5.32 Å². The lowest BCUT2D eigenvalue weighted by Gasteiger charge is -2.54. The fourth-order valence-electron chi connectivity index (χ4n) is 4.17. The molecule has 0 spiro atoms. The number of cyclic esters (lactones) is 1. The Kier molecular flexibility index (Phi) is 4.01. The molecule has 25 heavy (non-hydrogen) atoms. The topological polar surface area (TPSA) is 61.9 Å². The molecular weight excluding hydrogens is 325 g/mol. The van der Waals surface area contributed by atoms with Crippen molar-refractivity contribution < 1.29 is 18.7 Å². The highest BCUT2D eigenvalue weighted by atomic mass is 19.1. The number of fused-ring (bicyclic) bond motifs is 2. The van der Waals surface area contributed by atoms with Gasteiger partial charge in [-0.15, -0.1) is 0 Å². The molecule has 1 aromatic rings. The molecule has 0 aliphatic carbocycles. The second-order valence-corrected chi connectivity index (χ2v) is 7.07. The molecule has 134 valence electrons. The zero-order chi connectivity index (χ0) is 17.6. The summed E-state index contributed by atoms with van der Waals surface area (Å²) in [6.07, 6.45) is 3.70. The van der Waals surface area contributed by atoms with Crippen LogP contribution < -0.4 is 15.1 Å². The normalized spacial score (nSPS) is 27.8. The summed E-state index contributed by atoms with van der Waals surface area (Å²) >= 11 is 0. The standard InChI is InChI=1S/C18H22FN3O3/c1-11(23)20-9-15-10-21(18(24)25-15)12-5-6-17(16(19)8-12)22-13-3-2-4-14(22)7-13/h5-6,8,13-15H,2-4,7,9-10H2,1H3,(H,20,23)/t13?,14?,15-/m0/s1. The van der Waals surface area contributed by atoms with Crippen molar-refractivity contribution in [3.63, 3.8) is 0 Å². The highest BCUT2D eigenvalue weighted by molar-refractivity contribution is 5.90. The summed E-state index contributed by atoms with van der Waals surface area (Å²) in [5.74, 6) is -0.475. The predicted molar refractivity (Wildman–Crippen MR) is 91.2 cm³/mol. The van der Waals surface area contributed by atoms with E-state index in [4.69, 9.17) is 4.74 Å². The van der Waals surface area contributed by atoms with Crippen LogP contribution in [0, 0.1) is 5.82 Å². The smallest absolute Gasteiger partial charge is 0.414 e. The second kappa shape index (κ2) is 6.20. The molecule has 4 rings (SSSR count). The van der Waals surface area contributed by atoms with Gasteiger partial charge in [-0.05, 0) is 43.9 Å². The molecule has 3 saturated heterocycles. The van der Waals surface area contributed by atoms with Crippen LogP contribution >= 0.6 is 0 Å². The maximum Gasteiger partial charge on any atom is 0.414 e. The van der Waals surface area contributed by atoms with Crippen LogP contribution in [0.3, 0.4) is 0 Å². The van der Waals surface area contributed by atoms with Gasteiger partial charge in [0.15, 0.2) is 0 Å². The first kappa shape index (κ1) is 16.2. The lowest BCUT2D eigenvalue weighted by Crippen LogP contribution is -2.59. The summed E-state index contributed by atoms with van der Waals surface area (Å²) < 4.78 is 19.9. The maximum absolute atomic E-state index is 14.7. The Balaban J connectivity index is 1.47. The second-order valence-electron chi connectivity index (χ2n) is 7.07. The van der Waals surface area contributed by atoms with Crippen molar-refractivity contribution in [3.05, 3.63) is 24.0 Å². The van der Waals surface area contributed by atoms with Crippen LogP contribution in [-0.2, 0) is 9.53 Å². The summed E-state index contributed by atoms with van der Waals surface area (Å²) in [6.45, 7) is 1.97. The number of anilines is 2. The summed E-state index contributed by atoms with van der Waals surface area (Å²) in [7, 11) is 0. The highest BCUT2D eigenvalue weighted by Crippen LogP contribution is 2.43. The third-order valence-electron chi connectivity index (χ3n) is 5.38. The fourth-order valence-corrected chi connectivity index (χ4v) is 4.17. The molecule has 2 unspecified atom stereocenters. The zero-order valence-electron chi connectivity index (χ0n) is 14.2. The number of piperidine rings is 1. The van der Waals surface area contributed by atoms with E-state index in [0.717, 1.165) is 19.3 Å². The third-order valence-corrected chi connectivity index (χ3v) is 5.38. The summed E-state index contributed by atoms with van der Waals surface area (Å²) in [5, 5.41) is 2.63. The first-order chi connectivity index (χ1) is 12.0. The minimum absolute atomic E-state index is 0.176. The summed E-state index contributed by atoms with van der Waals surface area (Å²) in [4.78, 5) is 26.6. The van der Waals surface area contributed by atoms with Gasteiger partial charge in [0.05, 0.1) is 24.5 Å². The van der Waals surface area contributed by atoms with E-state index in [-0.39, 0.29) is 18.3 Å². The van der Waals surface area contributed by atoms with Gasteiger partial charge in [-0.1, -0.05) is 0 Å². The number of hydrogen-bond acceptors (Lipinski definition) is 4. The van der Waals surface area contributed by atoms with Gasteiger partial charge in [-0.2, -0.15) is 0 Å². The molecule has 3 heterocycles. The van der Waals surface area contributed by atoms with E-state index < -0.39 is 12.2 Å². The molecule has 0 radical (unpaired) electrons. The van der Waals surface area contributed by atoms with Crippen molar-refractivity contribution >= 4 is 23.4 Å². The quantitative estimate of drug-likeness (QED) is 0.909. The van der Waals surface area contributed by atoms with Gasteiger partial charge < -0.3 is 15.0 Å². The van der Waals surface area contributed by atoms with Crippen LogP contribution in [0.25, 0.3) is 0 Å². The molecule has 0 saturated carbocycles. The number of nitrogens with zero attached hydrogens (tertiary/aromatic N) is 2. The van der Waals surface area contributed by atoms with Gasteiger partial charge in [-0.3, -0.25) is 9.69 Å². The molecule has 3 aliphatic heterocycles. The van der Waals surface area contributed by atoms with E-state index in [1.165, 1.54) is 24.3 Å². The van der Waals surface area contributed by atoms with Gasteiger partial charge >= 0.3 is 6.09 Å². The SMILES string of the molecule is CC(=O)NC[C@H]1CN(c2ccc(N3C4CCCC3C4)c(F)c2)C(=O)O1. The van der Waals surface area contributed by atoms with Crippen LogP contribution in [0.1, 0.15) is 32.6 Å². The average Bonchev–Trinajstić information content (AvgIpc) is 2.96. The lowest BCUT2D eigenvalue weighted by molar-refractivity contribution is -0.119. The molecule has 3 aliphatic rings. The minimum atomic E-state index is -0.511. The highest BCUT2D eigenvalue weighted by Gasteiger charge is 2.42. The number of halogens is 1. The molecule has 1 N–H and O–H groups in total. The van der Waals surface area contributed by atoms with Gasteiger partial charge in [0.25, 0.3) is 0 Å². The Morgan fingerprint density at radius 2 is 2.12 bits per heavy atom. The number of hydrogen-bond donors (Lipinski definition) is 1. The predicted octanol–water partition coefficient (Wildman–Crippen LogP) is 2.42. The van der Waals surface area contributed by atoms with E-state index in [9.17, 15) is 14.0 Å². The number of nitrogens with one attached hydrogen (secondary N) is 1. The zero-order valence-corrected chi connectivity index (χ0v) is 14.2. The largest absolute Gasteiger partial charge is 0.442 e. The van der Waals surface area contributed by atoms with Crippen molar-refractivity contribution in [2.45, 2.75) is 50.8 Å². The van der Waals surface area contributed by atoms with Crippen molar-refractivity contribution in [2.24, 2.45) is 0 Å². The summed E-state index contributed by atoms with van der Waals surface area (Å²) in [6, 6.07) is 5.86. The number of amides is 2. The number of ether oxygens (including phenoxy) is 1. The Morgan fingerprint density at radius 1 is 1.36 bits per heavy atom. The molecule has 0 aromatic heterocycles. The maximum atomic E-state index is 14.7. The molecule has 3 atom stereocenters. The van der Waals surface area contributed by atoms with Crippen molar-refractivity contribution in [2.75, 3.05) is 22.9 Å². The van der Waals surface area contributed by atoms with Crippen LogP contribution in [0.15, 0.2) is 18.2 Å². The molecule has 1 aromatic carbocycles. The molecule has 2 bridgehead atoms. The molecule has 3 fully saturated rings.